The Kier molecular flexibility index (Phi) is 4.59. The Labute approximate surface area is 114 Å². The first kappa shape index (κ1) is 14.1. The molecule has 1 aromatic rings. The van der Waals surface area contributed by atoms with Crippen LogP contribution in [0, 0.1) is 5.92 Å². The van der Waals surface area contributed by atoms with Crippen molar-refractivity contribution in [2.75, 3.05) is 7.11 Å². The van der Waals surface area contributed by atoms with Crippen molar-refractivity contribution in [3.8, 4) is 5.75 Å². The van der Waals surface area contributed by atoms with E-state index in [0.717, 1.165) is 37.7 Å². The normalized spacial score (nSPS) is 23.1. The van der Waals surface area contributed by atoms with E-state index in [2.05, 4.69) is 6.92 Å². The van der Waals surface area contributed by atoms with Crippen LogP contribution in [0.15, 0.2) is 18.2 Å². The molecule has 2 rings (SSSR count). The average molecular weight is 262 g/mol. The Morgan fingerprint density at radius 2 is 2.00 bits per heavy atom. The highest BCUT2D eigenvalue weighted by Crippen LogP contribution is 2.31. The van der Waals surface area contributed by atoms with E-state index >= 15 is 0 Å². The monoisotopic (exact) mass is 262 g/mol. The molecule has 1 N–H and O–H groups in total. The topological polar surface area (TPSA) is 46.5 Å². The molecule has 0 unspecified atom stereocenters. The lowest BCUT2D eigenvalue weighted by Crippen LogP contribution is -2.24. The SMILES string of the molecule is CCc1ccc(OC)c(C(=O)C2CCC(O)CC2)c1. The van der Waals surface area contributed by atoms with Gasteiger partial charge in [0, 0.05) is 5.92 Å². The summed E-state index contributed by atoms with van der Waals surface area (Å²) in [5, 5.41) is 9.53. The molecule has 104 valence electrons. The number of methoxy groups -OCH3 is 1. The zero-order chi connectivity index (χ0) is 13.8. The molecule has 1 aliphatic carbocycles. The first-order valence-electron chi connectivity index (χ1n) is 7.05. The van der Waals surface area contributed by atoms with Crippen LogP contribution in [-0.2, 0) is 6.42 Å². The van der Waals surface area contributed by atoms with Crippen LogP contribution < -0.4 is 4.74 Å². The molecule has 0 bridgehead atoms. The van der Waals surface area contributed by atoms with Gasteiger partial charge in [-0.3, -0.25) is 4.79 Å². The molecular formula is C16H22O3. The molecule has 1 fully saturated rings. The minimum absolute atomic E-state index is 0.0319. The second kappa shape index (κ2) is 6.20. The number of hydrogen-bond acceptors (Lipinski definition) is 3. The van der Waals surface area contributed by atoms with Crippen LogP contribution in [0.4, 0.5) is 0 Å². The van der Waals surface area contributed by atoms with Gasteiger partial charge in [-0.1, -0.05) is 13.0 Å². The van der Waals surface area contributed by atoms with Gasteiger partial charge < -0.3 is 9.84 Å². The summed E-state index contributed by atoms with van der Waals surface area (Å²) < 4.78 is 5.31. The molecule has 0 saturated heterocycles. The minimum atomic E-state index is -0.229. The summed E-state index contributed by atoms with van der Waals surface area (Å²) in [5.74, 6) is 0.858. The predicted molar refractivity (Wildman–Crippen MR) is 74.7 cm³/mol. The standard InChI is InChI=1S/C16H22O3/c1-3-11-4-9-15(19-2)14(10-11)16(18)12-5-7-13(17)8-6-12/h4,9-10,12-13,17H,3,5-8H2,1-2H3. The van der Waals surface area contributed by atoms with E-state index in [4.69, 9.17) is 4.74 Å². The van der Waals surface area contributed by atoms with Gasteiger partial charge in [-0.2, -0.15) is 0 Å². The van der Waals surface area contributed by atoms with Crippen molar-refractivity contribution in [2.24, 2.45) is 5.92 Å². The molecular weight excluding hydrogens is 240 g/mol. The fraction of sp³-hybridized carbons (Fsp3) is 0.562. The van der Waals surface area contributed by atoms with E-state index < -0.39 is 0 Å². The number of ether oxygens (including phenoxy) is 1. The summed E-state index contributed by atoms with van der Waals surface area (Å²) in [7, 11) is 1.60. The van der Waals surface area contributed by atoms with Crippen molar-refractivity contribution < 1.29 is 14.6 Å². The molecule has 0 radical (unpaired) electrons. The average Bonchev–Trinajstić information content (AvgIpc) is 2.46. The molecule has 19 heavy (non-hydrogen) atoms. The number of ketones is 1. The van der Waals surface area contributed by atoms with Crippen LogP contribution in [-0.4, -0.2) is 24.1 Å². The van der Waals surface area contributed by atoms with E-state index in [1.165, 1.54) is 0 Å². The summed E-state index contributed by atoms with van der Waals surface area (Å²) in [6.45, 7) is 2.08. The van der Waals surface area contributed by atoms with Gasteiger partial charge in [0.1, 0.15) is 5.75 Å². The zero-order valence-electron chi connectivity index (χ0n) is 11.7. The largest absolute Gasteiger partial charge is 0.496 e. The fourth-order valence-electron chi connectivity index (χ4n) is 2.73. The molecule has 0 amide bonds. The third kappa shape index (κ3) is 3.16. The third-order valence-corrected chi connectivity index (χ3v) is 4.01. The summed E-state index contributed by atoms with van der Waals surface area (Å²) in [5.41, 5.74) is 1.85. The highest BCUT2D eigenvalue weighted by molar-refractivity contribution is 6.00. The Bertz CT molecular complexity index is 445. The molecule has 0 aliphatic heterocycles. The lowest BCUT2D eigenvalue weighted by Gasteiger charge is -2.25. The van der Waals surface area contributed by atoms with Gasteiger partial charge in [0.2, 0.25) is 0 Å². The Balaban J connectivity index is 2.22. The minimum Gasteiger partial charge on any atom is -0.496 e. The van der Waals surface area contributed by atoms with Crippen molar-refractivity contribution in [2.45, 2.75) is 45.1 Å². The van der Waals surface area contributed by atoms with Crippen LogP contribution >= 0.6 is 0 Å². The molecule has 0 aromatic heterocycles. The first-order chi connectivity index (χ1) is 9.15. The number of aliphatic hydroxyl groups is 1. The number of Topliss-reactive ketones (excluding diaryl/α,β-unsaturated/α-hetero) is 1. The van der Waals surface area contributed by atoms with Gasteiger partial charge in [-0.05, 0) is 49.8 Å². The quantitative estimate of drug-likeness (QED) is 0.848. The van der Waals surface area contributed by atoms with Crippen LogP contribution in [0.1, 0.15) is 48.5 Å². The fourth-order valence-corrected chi connectivity index (χ4v) is 2.73. The predicted octanol–water partition coefficient (Wildman–Crippen LogP) is 2.99. The maximum Gasteiger partial charge on any atom is 0.169 e. The molecule has 1 aromatic carbocycles. The zero-order valence-corrected chi connectivity index (χ0v) is 11.7. The van der Waals surface area contributed by atoms with Gasteiger partial charge in [-0.25, -0.2) is 0 Å². The molecule has 3 nitrogen and oxygen atoms in total. The number of aryl methyl sites for hydroxylation is 1. The lowest BCUT2D eigenvalue weighted by molar-refractivity contribution is 0.0762. The van der Waals surface area contributed by atoms with Crippen LogP contribution in [0.25, 0.3) is 0 Å². The van der Waals surface area contributed by atoms with Crippen LogP contribution in [0.3, 0.4) is 0 Å². The van der Waals surface area contributed by atoms with Gasteiger partial charge >= 0.3 is 0 Å². The second-order valence-corrected chi connectivity index (χ2v) is 5.26. The van der Waals surface area contributed by atoms with Gasteiger partial charge in [0.25, 0.3) is 0 Å². The number of carbonyl (C=O) groups excluding carboxylic acids is 1. The van der Waals surface area contributed by atoms with Gasteiger partial charge in [0.05, 0.1) is 18.8 Å². The Hall–Kier alpha value is -1.35. The van der Waals surface area contributed by atoms with E-state index in [1.807, 2.05) is 18.2 Å². The van der Waals surface area contributed by atoms with E-state index in [-0.39, 0.29) is 17.8 Å². The first-order valence-corrected chi connectivity index (χ1v) is 7.05. The maximum atomic E-state index is 12.6. The molecule has 0 spiro atoms. The summed E-state index contributed by atoms with van der Waals surface area (Å²) in [6, 6.07) is 5.83. The van der Waals surface area contributed by atoms with Crippen molar-refractivity contribution >= 4 is 5.78 Å². The third-order valence-electron chi connectivity index (χ3n) is 4.01. The van der Waals surface area contributed by atoms with Crippen molar-refractivity contribution in [3.63, 3.8) is 0 Å². The maximum absolute atomic E-state index is 12.6. The van der Waals surface area contributed by atoms with Crippen LogP contribution in [0.2, 0.25) is 0 Å². The smallest absolute Gasteiger partial charge is 0.169 e. The van der Waals surface area contributed by atoms with Crippen molar-refractivity contribution in [1.29, 1.82) is 0 Å². The highest BCUT2D eigenvalue weighted by atomic mass is 16.5. The lowest BCUT2D eigenvalue weighted by atomic mass is 9.82. The van der Waals surface area contributed by atoms with Gasteiger partial charge in [0.15, 0.2) is 5.78 Å². The van der Waals surface area contributed by atoms with E-state index in [1.54, 1.807) is 7.11 Å². The second-order valence-electron chi connectivity index (χ2n) is 5.26. The molecule has 1 saturated carbocycles. The Morgan fingerprint density at radius 3 is 2.58 bits per heavy atom. The highest BCUT2D eigenvalue weighted by Gasteiger charge is 2.27. The number of benzene rings is 1. The number of rotatable bonds is 4. The number of aliphatic hydroxyl groups excluding tert-OH is 1. The number of hydrogen-bond donors (Lipinski definition) is 1. The van der Waals surface area contributed by atoms with Crippen molar-refractivity contribution in [3.05, 3.63) is 29.3 Å². The summed E-state index contributed by atoms with van der Waals surface area (Å²) in [6.07, 6.45) is 3.69. The van der Waals surface area contributed by atoms with Crippen molar-refractivity contribution in [1.82, 2.24) is 0 Å². The summed E-state index contributed by atoms with van der Waals surface area (Å²) in [4.78, 5) is 12.6. The molecule has 0 heterocycles. The number of carbonyl (C=O) groups is 1. The van der Waals surface area contributed by atoms with E-state index in [0.29, 0.717) is 11.3 Å². The summed E-state index contributed by atoms with van der Waals surface area (Å²) >= 11 is 0. The molecule has 3 heteroatoms. The molecule has 1 aliphatic rings. The van der Waals surface area contributed by atoms with E-state index in [9.17, 15) is 9.90 Å². The van der Waals surface area contributed by atoms with Crippen LogP contribution in [0.5, 0.6) is 5.75 Å². The Morgan fingerprint density at radius 1 is 1.32 bits per heavy atom. The van der Waals surface area contributed by atoms with Gasteiger partial charge in [-0.15, -0.1) is 0 Å². The molecule has 0 atom stereocenters.